The molecule has 3 atom stereocenters. The molecule has 3 aromatic rings. The summed E-state index contributed by atoms with van der Waals surface area (Å²) in [5.41, 5.74) is 1.26. The van der Waals surface area contributed by atoms with Crippen molar-refractivity contribution >= 4 is 32.9 Å². The number of thiophene rings is 2. The predicted molar refractivity (Wildman–Crippen MR) is 106 cm³/mol. The number of hydrogen-bond acceptors (Lipinski definition) is 5. The maximum absolute atomic E-state index is 12.7. The fraction of sp³-hybridized carbons (Fsp3) is 0.474. The van der Waals surface area contributed by atoms with Crippen molar-refractivity contribution in [3.8, 4) is 0 Å². The van der Waals surface area contributed by atoms with Gasteiger partial charge in [-0.2, -0.15) is 0 Å². The Morgan fingerprint density at radius 2 is 2.20 bits per heavy atom. The fourth-order valence-electron chi connectivity index (χ4n) is 3.64. The Kier molecular flexibility index (Phi) is 4.52. The average Bonchev–Trinajstić information content (AvgIpc) is 3.21. The molecule has 25 heavy (non-hydrogen) atoms. The maximum Gasteiger partial charge on any atom is 0.259 e. The highest BCUT2D eigenvalue weighted by Crippen LogP contribution is 2.36. The second-order valence-electron chi connectivity index (χ2n) is 7.11. The van der Waals surface area contributed by atoms with Gasteiger partial charge in [-0.1, -0.05) is 13.0 Å². The number of rotatable bonds is 4. The Morgan fingerprint density at radius 3 is 2.96 bits per heavy atom. The molecule has 0 unspecified atom stereocenters. The summed E-state index contributed by atoms with van der Waals surface area (Å²) >= 11 is 3.45. The summed E-state index contributed by atoms with van der Waals surface area (Å²) in [6, 6.07) is 4.41. The van der Waals surface area contributed by atoms with Gasteiger partial charge >= 0.3 is 0 Å². The van der Waals surface area contributed by atoms with E-state index in [2.05, 4.69) is 48.6 Å². The Balaban J connectivity index is 1.65. The molecule has 1 aliphatic rings. The summed E-state index contributed by atoms with van der Waals surface area (Å²) in [4.78, 5) is 24.1. The molecule has 0 aliphatic heterocycles. The summed E-state index contributed by atoms with van der Waals surface area (Å²) in [5.74, 6) is 1.43. The summed E-state index contributed by atoms with van der Waals surface area (Å²) in [6.45, 7) is 6.49. The Labute approximate surface area is 155 Å². The van der Waals surface area contributed by atoms with Gasteiger partial charge in [0.1, 0.15) is 10.7 Å². The van der Waals surface area contributed by atoms with Gasteiger partial charge in [0.2, 0.25) is 0 Å². The SMILES string of the molecule is C[C@@H]1CCc2c(sc3nc([C@H](C)N[C@@H](C)c4cccs4)[nH]c(=O)c23)C1. The molecule has 0 fully saturated rings. The standard InChI is InChI=1S/C19H23N3OS2/c1-10-6-7-13-15(9-10)25-19-16(13)18(23)21-17(22-19)12(3)20-11(2)14-5-4-8-24-14/h4-5,8,10-12,20H,6-7,9H2,1-3H3,(H,21,22,23)/t10-,11+,12+/m1/s1. The molecule has 1 aliphatic carbocycles. The van der Waals surface area contributed by atoms with Crippen molar-refractivity contribution in [2.45, 2.75) is 52.1 Å². The summed E-state index contributed by atoms with van der Waals surface area (Å²) in [7, 11) is 0. The molecular weight excluding hydrogens is 350 g/mol. The Morgan fingerprint density at radius 1 is 1.36 bits per heavy atom. The molecule has 3 heterocycles. The van der Waals surface area contributed by atoms with Crippen molar-refractivity contribution < 1.29 is 0 Å². The van der Waals surface area contributed by atoms with E-state index in [1.807, 2.05) is 0 Å². The van der Waals surface area contributed by atoms with Gasteiger partial charge in [-0.25, -0.2) is 4.98 Å². The molecule has 0 spiro atoms. The molecule has 0 saturated heterocycles. The van der Waals surface area contributed by atoms with Gasteiger partial charge in [0.05, 0.1) is 11.4 Å². The van der Waals surface area contributed by atoms with E-state index in [1.54, 1.807) is 22.7 Å². The van der Waals surface area contributed by atoms with E-state index < -0.39 is 0 Å². The third kappa shape index (κ3) is 3.18. The molecule has 0 aromatic carbocycles. The number of H-pyrrole nitrogens is 1. The lowest BCUT2D eigenvalue weighted by atomic mass is 9.89. The van der Waals surface area contributed by atoms with Crippen LogP contribution in [0.25, 0.3) is 10.2 Å². The van der Waals surface area contributed by atoms with Gasteiger partial charge < -0.3 is 10.3 Å². The lowest BCUT2D eigenvalue weighted by Crippen LogP contribution is -2.26. The zero-order valence-electron chi connectivity index (χ0n) is 14.8. The van der Waals surface area contributed by atoms with E-state index >= 15 is 0 Å². The Bertz CT molecular complexity index is 942. The van der Waals surface area contributed by atoms with Crippen LogP contribution < -0.4 is 10.9 Å². The van der Waals surface area contributed by atoms with E-state index in [9.17, 15) is 4.79 Å². The first kappa shape index (κ1) is 16.9. The van der Waals surface area contributed by atoms with Gasteiger partial charge in [-0.15, -0.1) is 22.7 Å². The molecule has 6 heteroatoms. The van der Waals surface area contributed by atoms with Gasteiger partial charge in [0.15, 0.2) is 0 Å². The average molecular weight is 374 g/mol. The number of aromatic amines is 1. The number of nitrogens with one attached hydrogen (secondary N) is 2. The van der Waals surface area contributed by atoms with Crippen LogP contribution in [0.5, 0.6) is 0 Å². The lowest BCUT2D eigenvalue weighted by Gasteiger charge is -2.18. The molecule has 4 rings (SSSR count). The van der Waals surface area contributed by atoms with Crippen molar-refractivity contribution in [1.29, 1.82) is 0 Å². The molecule has 132 valence electrons. The van der Waals surface area contributed by atoms with Crippen LogP contribution >= 0.6 is 22.7 Å². The second-order valence-corrected chi connectivity index (χ2v) is 9.17. The first-order chi connectivity index (χ1) is 12.0. The van der Waals surface area contributed by atoms with Crippen LogP contribution in [-0.2, 0) is 12.8 Å². The van der Waals surface area contributed by atoms with Crippen LogP contribution in [0.3, 0.4) is 0 Å². The van der Waals surface area contributed by atoms with E-state index in [4.69, 9.17) is 4.98 Å². The minimum atomic E-state index is -0.00717. The smallest absolute Gasteiger partial charge is 0.259 e. The molecule has 0 saturated carbocycles. The van der Waals surface area contributed by atoms with Crippen LogP contribution in [0.2, 0.25) is 0 Å². The number of fused-ring (bicyclic) bond motifs is 3. The highest BCUT2D eigenvalue weighted by Gasteiger charge is 2.24. The second kappa shape index (κ2) is 6.67. The minimum absolute atomic E-state index is 0.00717. The normalized spacial score (nSPS) is 19.7. The number of aromatic nitrogens is 2. The third-order valence-corrected chi connectivity index (χ3v) is 7.27. The zero-order chi connectivity index (χ0) is 17.6. The van der Waals surface area contributed by atoms with Crippen molar-refractivity contribution in [2.75, 3.05) is 0 Å². The largest absolute Gasteiger partial charge is 0.309 e. The van der Waals surface area contributed by atoms with Crippen LogP contribution in [-0.4, -0.2) is 9.97 Å². The number of aryl methyl sites for hydroxylation is 1. The van der Waals surface area contributed by atoms with E-state index in [0.29, 0.717) is 5.92 Å². The van der Waals surface area contributed by atoms with E-state index in [1.165, 1.54) is 15.3 Å². The van der Waals surface area contributed by atoms with E-state index in [0.717, 1.165) is 35.3 Å². The minimum Gasteiger partial charge on any atom is -0.309 e. The molecule has 0 bridgehead atoms. The zero-order valence-corrected chi connectivity index (χ0v) is 16.4. The molecule has 0 radical (unpaired) electrons. The highest BCUT2D eigenvalue weighted by molar-refractivity contribution is 7.18. The monoisotopic (exact) mass is 373 g/mol. The topological polar surface area (TPSA) is 57.8 Å². The molecule has 3 aromatic heterocycles. The molecule has 4 nitrogen and oxygen atoms in total. The van der Waals surface area contributed by atoms with Crippen LogP contribution in [0.1, 0.15) is 60.4 Å². The third-order valence-electron chi connectivity index (χ3n) is 5.06. The van der Waals surface area contributed by atoms with Crippen LogP contribution in [0.15, 0.2) is 22.3 Å². The van der Waals surface area contributed by atoms with Crippen molar-refractivity contribution in [3.05, 3.63) is 49.0 Å². The van der Waals surface area contributed by atoms with Gasteiger partial charge in [0.25, 0.3) is 5.56 Å². The van der Waals surface area contributed by atoms with Gasteiger partial charge in [0, 0.05) is 15.8 Å². The summed E-state index contributed by atoms with van der Waals surface area (Å²) in [5, 5.41) is 6.45. The first-order valence-electron chi connectivity index (χ1n) is 8.87. The van der Waals surface area contributed by atoms with Gasteiger partial charge in [-0.05, 0) is 56.0 Å². The molecular formula is C19H23N3OS2. The van der Waals surface area contributed by atoms with E-state index in [-0.39, 0.29) is 17.6 Å². The Hall–Kier alpha value is -1.50. The quantitative estimate of drug-likeness (QED) is 0.703. The van der Waals surface area contributed by atoms with Crippen molar-refractivity contribution in [3.63, 3.8) is 0 Å². The lowest BCUT2D eigenvalue weighted by molar-refractivity contribution is 0.481. The van der Waals surface area contributed by atoms with Crippen LogP contribution in [0, 0.1) is 5.92 Å². The van der Waals surface area contributed by atoms with Crippen molar-refractivity contribution in [2.24, 2.45) is 5.92 Å². The van der Waals surface area contributed by atoms with Crippen LogP contribution in [0.4, 0.5) is 0 Å². The maximum atomic E-state index is 12.7. The number of hydrogen-bond donors (Lipinski definition) is 2. The first-order valence-corrected chi connectivity index (χ1v) is 10.6. The summed E-state index contributed by atoms with van der Waals surface area (Å²) in [6.07, 6.45) is 3.24. The van der Waals surface area contributed by atoms with Crippen molar-refractivity contribution in [1.82, 2.24) is 15.3 Å². The molecule has 2 N–H and O–H groups in total. The number of nitrogens with zero attached hydrogens (tertiary/aromatic N) is 1. The summed E-state index contributed by atoms with van der Waals surface area (Å²) < 4.78 is 0. The van der Waals surface area contributed by atoms with Gasteiger partial charge in [-0.3, -0.25) is 4.79 Å². The molecule has 0 amide bonds. The highest BCUT2D eigenvalue weighted by atomic mass is 32.1. The predicted octanol–water partition coefficient (Wildman–Crippen LogP) is 4.58. The fourth-order valence-corrected chi connectivity index (χ4v) is 5.78.